The number of amides is 1. The van der Waals surface area contributed by atoms with E-state index in [1.54, 1.807) is 43.3 Å². The minimum absolute atomic E-state index is 0.0304. The van der Waals surface area contributed by atoms with Gasteiger partial charge in [0.2, 0.25) is 5.91 Å². The molecule has 1 amide bonds. The summed E-state index contributed by atoms with van der Waals surface area (Å²) in [7, 11) is 0. The van der Waals surface area contributed by atoms with Gasteiger partial charge in [0.25, 0.3) is 0 Å². The van der Waals surface area contributed by atoms with Crippen molar-refractivity contribution in [3.05, 3.63) is 53.1 Å². The number of hydrogen-bond acceptors (Lipinski definition) is 3. The molecule has 0 saturated heterocycles. The number of aryl methyl sites for hydroxylation is 1. The van der Waals surface area contributed by atoms with Gasteiger partial charge in [-0.1, -0.05) is 29.8 Å². The predicted octanol–water partition coefficient (Wildman–Crippen LogP) is 4.64. The molecule has 134 valence electrons. The number of rotatable bonds is 6. The van der Waals surface area contributed by atoms with Crippen molar-refractivity contribution < 1.29 is 22.7 Å². The number of carbonyl (C=O) groups is 1. The molecule has 25 heavy (non-hydrogen) atoms. The van der Waals surface area contributed by atoms with Crippen molar-refractivity contribution in [3.8, 4) is 5.75 Å². The molecular weight excluding hydrogens is 357 g/mol. The van der Waals surface area contributed by atoms with Gasteiger partial charge in [0, 0.05) is 0 Å². The van der Waals surface area contributed by atoms with Crippen molar-refractivity contribution >= 4 is 28.9 Å². The SMILES string of the molecule is Cc1ccc(NCC(=O)Nc2ccccc2Cl)c(OCC(F)(F)F)c1. The average Bonchev–Trinajstić information content (AvgIpc) is 2.53. The Hall–Kier alpha value is -2.41. The second-order valence-electron chi connectivity index (χ2n) is 5.29. The van der Waals surface area contributed by atoms with E-state index < -0.39 is 18.7 Å². The summed E-state index contributed by atoms with van der Waals surface area (Å²) in [5, 5.41) is 5.77. The third kappa shape index (κ3) is 6.19. The van der Waals surface area contributed by atoms with Crippen LogP contribution in [0.1, 0.15) is 5.56 Å². The molecule has 0 unspecified atom stereocenters. The van der Waals surface area contributed by atoms with Gasteiger partial charge in [-0.25, -0.2) is 0 Å². The lowest BCUT2D eigenvalue weighted by Gasteiger charge is -2.15. The molecule has 2 aromatic carbocycles. The number of nitrogens with one attached hydrogen (secondary N) is 2. The van der Waals surface area contributed by atoms with E-state index in [0.717, 1.165) is 5.56 Å². The Kier molecular flexibility index (Phi) is 6.14. The van der Waals surface area contributed by atoms with E-state index in [9.17, 15) is 18.0 Å². The molecule has 0 fully saturated rings. The molecule has 0 saturated carbocycles. The van der Waals surface area contributed by atoms with Crippen LogP contribution in [0.4, 0.5) is 24.5 Å². The quantitative estimate of drug-likeness (QED) is 0.776. The molecule has 4 nitrogen and oxygen atoms in total. The summed E-state index contributed by atoms with van der Waals surface area (Å²) in [5.41, 5.74) is 1.49. The van der Waals surface area contributed by atoms with Gasteiger partial charge >= 0.3 is 6.18 Å². The van der Waals surface area contributed by atoms with Crippen LogP contribution in [0.25, 0.3) is 0 Å². The van der Waals surface area contributed by atoms with E-state index in [1.165, 1.54) is 6.07 Å². The molecule has 0 radical (unpaired) electrons. The Bertz CT molecular complexity index is 751. The van der Waals surface area contributed by atoms with Crippen molar-refractivity contribution in [3.63, 3.8) is 0 Å². The first-order valence-electron chi connectivity index (χ1n) is 7.33. The zero-order valence-corrected chi connectivity index (χ0v) is 14.0. The highest BCUT2D eigenvalue weighted by Gasteiger charge is 2.28. The summed E-state index contributed by atoms with van der Waals surface area (Å²) < 4.78 is 41.8. The summed E-state index contributed by atoms with van der Waals surface area (Å²) in [6.07, 6.45) is -4.44. The van der Waals surface area contributed by atoms with Crippen molar-refractivity contribution in [1.29, 1.82) is 0 Å². The van der Waals surface area contributed by atoms with Crippen LogP contribution in [0, 0.1) is 6.92 Å². The second kappa shape index (κ2) is 8.11. The lowest BCUT2D eigenvalue weighted by Crippen LogP contribution is -2.23. The van der Waals surface area contributed by atoms with Crippen molar-refractivity contribution in [1.82, 2.24) is 0 Å². The minimum atomic E-state index is -4.44. The fourth-order valence-corrected chi connectivity index (χ4v) is 2.17. The van der Waals surface area contributed by atoms with Gasteiger partial charge in [-0.3, -0.25) is 4.79 Å². The lowest BCUT2D eigenvalue weighted by atomic mass is 10.2. The average molecular weight is 373 g/mol. The molecule has 0 aliphatic heterocycles. The number of alkyl halides is 3. The molecule has 0 bridgehead atoms. The second-order valence-corrected chi connectivity index (χ2v) is 5.69. The Morgan fingerprint density at radius 1 is 1.16 bits per heavy atom. The van der Waals surface area contributed by atoms with Crippen molar-refractivity contribution in [2.45, 2.75) is 13.1 Å². The van der Waals surface area contributed by atoms with E-state index in [1.807, 2.05) is 0 Å². The molecule has 8 heteroatoms. The first-order chi connectivity index (χ1) is 11.7. The highest BCUT2D eigenvalue weighted by Crippen LogP contribution is 2.28. The number of para-hydroxylation sites is 1. The summed E-state index contributed by atoms with van der Waals surface area (Å²) in [6.45, 7) is 0.169. The van der Waals surface area contributed by atoms with E-state index in [2.05, 4.69) is 10.6 Å². The van der Waals surface area contributed by atoms with Crippen molar-refractivity contribution in [2.75, 3.05) is 23.8 Å². The molecule has 0 aromatic heterocycles. The number of benzene rings is 2. The maximum Gasteiger partial charge on any atom is 0.422 e. The maximum absolute atomic E-state index is 12.3. The van der Waals surface area contributed by atoms with E-state index in [4.69, 9.17) is 16.3 Å². The predicted molar refractivity (Wildman–Crippen MR) is 91.3 cm³/mol. The van der Waals surface area contributed by atoms with Gasteiger partial charge in [0.15, 0.2) is 6.61 Å². The summed E-state index contributed by atoms with van der Waals surface area (Å²) in [4.78, 5) is 12.0. The Morgan fingerprint density at radius 2 is 1.88 bits per heavy atom. The van der Waals surface area contributed by atoms with Crippen LogP contribution in [0.3, 0.4) is 0 Å². The minimum Gasteiger partial charge on any atom is -0.482 e. The zero-order chi connectivity index (χ0) is 18.4. The maximum atomic E-state index is 12.3. The van der Waals surface area contributed by atoms with Crippen LogP contribution in [-0.4, -0.2) is 25.2 Å². The van der Waals surface area contributed by atoms with Crippen LogP contribution in [0.15, 0.2) is 42.5 Å². The fraction of sp³-hybridized carbons (Fsp3) is 0.235. The summed E-state index contributed by atoms with van der Waals surface area (Å²) in [6, 6.07) is 11.5. The molecule has 2 rings (SSSR count). The Morgan fingerprint density at radius 3 is 2.56 bits per heavy atom. The summed E-state index contributed by atoms with van der Waals surface area (Å²) in [5.74, 6) is -0.363. The molecule has 0 aliphatic rings. The molecule has 0 heterocycles. The lowest BCUT2D eigenvalue weighted by molar-refractivity contribution is -0.153. The molecule has 2 N–H and O–H groups in total. The number of hydrogen-bond donors (Lipinski definition) is 2. The third-order valence-electron chi connectivity index (χ3n) is 3.12. The summed E-state index contributed by atoms with van der Waals surface area (Å²) >= 11 is 5.95. The highest BCUT2D eigenvalue weighted by atomic mass is 35.5. The first kappa shape index (κ1) is 18.9. The monoisotopic (exact) mass is 372 g/mol. The van der Waals surface area contributed by atoms with Crippen LogP contribution in [0.5, 0.6) is 5.75 Å². The van der Waals surface area contributed by atoms with Crippen molar-refractivity contribution in [2.24, 2.45) is 0 Å². The normalized spacial score (nSPS) is 11.1. The first-order valence-corrected chi connectivity index (χ1v) is 7.71. The van der Waals surface area contributed by atoms with Crippen LogP contribution >= 0.6 is 11.6 Å². The zero-order valence-electron chi connectivity index (χ0n) is 13.3. The molecule has 0 aliphatic carbocycles. The van der Waals surface area contributed by atoms with Gasteiger partial charge in [-0.2, -0.15) is 13.2 Å². The van der Waals surface area contributed by atoms with E-state index >= 15 is 0 Å². The highest BCUT2D eigenvalue weighted by molar-refractivity contribution is 6.33. The van der Waals surface area contributed by atoms with Gasteiger partial charge in [-0.05, 0) is 36.8 Å². The topological polar surface area (TPSA) is 50.4 Å². The largest absolute Gasteiger partial charge is 0.482 e. The standard InChI is InChI=1S/C17H16ClF3N2O2/c1-11-6-7-14(15(8-11)25-10-17(19,20)21)22-9-16(24)23-13-5-3-2-4-12(13)18/h2-8,22H,9-10H2,1H3,(H,23,24). The van der Waals surface area contributed by atoms with Gasteiger partial charge in [0.1, 0.15) is 5.75 Å². The third-order valence-corrected chi connectivity index (χ3v) is 3.45. The molecule has 0 spiro atoms. The number of carbonyl (C=O) groups excluding carboxylic acids is 1. The molecule has 0 atom stereocenters. The van der Waals surface area contributed by atoms with E-state index in [-0.39, 0.29) is 12.3 Å². The molecule has 2 aromatic rings. The van der Waals surface area contributed by atoms with Gasteiger partial charge < -0.3 is 15.4 Å². The number of ether oxygens (including phenoxy) is 1. The van der Waals surface area contributed by atoms with Gasteiger partial charge in [0.05, 0.1) is 22.9 Å². The number of halogens is 4. The molecular formula is C17H16ClF3N2O2. The van der Waals surface area contributed by atoms with Crippen LogP contribution in [-0.2, 0) is 4.79 Å². The Balaban J connectivity index is 2.00. The van der Waals surface area contributed by atoms with Gasteiger partial charge in [-0.15, -0.1) is 0 Å². The Labute approximate surface area is 147 Å². The fourth-order valence-electron chi connectivity index (χ4n) is 1.99. The van der Waals surface area contributed by atoms with E-state index in [0.29, 0.717) is 16.4 Å². The van der Waals surface area contributed by atoms with Crippen LogP contribution in [0.2, 0.25) is 5.02 Å². The van der Waals surface area contributed by atoms with Crippen LogP contribution < -0.4 is 15.4 Å². The smallest absolute Gasteiger partial charge is 0.422 e. The number of anilines is 2.